The fourth-order valence-corrected chi connectivity index (χ4v) is 1.38. The minimum absolute atomic E-state index is 0.0462. The van der Waals surface area contributed by atoms with Crippen molar-refractivity contribution in [1.82, 2.24) is 0 Å². The van der Waals surface area contributed by atoms with Gasteiger partial charge in [0.1, 0.15) is 0 Å². The lowest BCUT2D eigenvalue weighted by molar-refractivity contribution is -0.111. The normalized spacial score (nSPS) is 13.1. The Hall–Kier alpha value is -0.0800. The first-order chi connectivity index (χ1) is 6.81. The van der Waals surface area contributed by atoms with Crippen LogP contribution in [0.2, 0.25) is 0 Å². The van der Waals surface area contributed by atoms with Crippen LogP contribution in [0.25, 0.3) is 0 Å². The summed E-state index contributed by atoms with van der Waals surface area (Å²) in [6.45, 7) is 5.02. The van der Waals surface area contributed by atoms with Crippen molar-refractivity contribution in [2.45, 2.75) is 65.1 Å². The van der Waals surface area contributed by atoms with Gasteiger partial charge in [0, 0.05) is 13.7 Å². The smallest absolute Gasteiger partial charge is 0.154 e. The molecule has 0 bridgehead atoms. The highest BCUT2D eigenvalue weighted by molar-refractivity contribution is 4.44. The first-order valence-corrected chi connectivity index (χ1v) is 5.95. The van der Waals surface area contributed by atoms with E-state index < -0.39 is 0 Å². The summed E-state index contributed by atoms with van der Waals surface area (Å²) >= 11 is 0. The van der Waals surface area contributed by atoms with E-state index in [1.165, 1.54) is 44.9 Å². The zero-order valence-corrected chi connectivity index (χ0v) is 10.1. The highest BCUT2D eigenvalue weighted by Gasteiger charge is 1.97. The molecule has 0 rings (SSSR count). The van der Waals surface area contributed by atoms with Gasteiger partial charge in [-0.25, -0.2) is 0 Å². The van der Waals surface area contributed by atoms with Gasteiger partial charge in [0.15, 0.2) is 6.29 Å². The number of methoxy groups -OCH3 is 1. The van der Waals surface area contributed by atoms with Gasteiger partial charge < -0.3 is 9.47 Å². The molecule has 2 nitrogen and oxygen atoms in total. The predicted molar refractivity (Wildman–Crippen MR) is 60.4 cm³/mol. The fourth-order valence-electron chi connectivity index (χ4n) is 1.38. The summed E-state index contributed by atoms with van der Waals surface area (Å²) in [7, 11) is 1.68. The molecule has 0 aromatic rings. The van der Waals surface area contributed by atoms with Crippen LogP contribution in [-0.2, 0) is 9.47 Å². The van der Waals surface area contributed by atoms with E-state index in [1.807, 2.05) is 6.92 Å². The molecule has 2 heteroatoms. The molecule has 0 saturated carbocycles. The maximum Gasteiger partial charge on any atom is 0.154 e. The van der Waals surface area contributed by atoms with Crippen molar-refractivity contribution in [1.29, 1.82) is 0 Å². The summed E-state index contributed by atoms with van der Waals surface area (Å²) in [6.07, 6.45) is 9.26. The lowest BCUT2D eigenvalue weighted by Gasteiger charge is -2.10. The Balaban J connectivity index is 2.92. The zero-order chi connectivity index (χ0) is 10.6. The third-order valence-electron chi connectivity index (χ3n) is 2.43. The van der Waals surface area contributed by atoms with Gasteiger partial charge in [-0.05, 0) is 13.3 Å². The van der Waals surface area contributed by atoms with E-state index in [1.54, 1.807) is 7.11 Å². The molecule has 0 radical (unpaired) electrons. The summed E-state index contributed by atoms with van der Waals surface area (Å²) in [5.41, 5.74) is 0. The van der Waals surface area contributed by atoms with E-state index >= 15 is 0 Å². The van der Waals surface area contributed by atoms with Crippen LogP contribution < -0.4 is 0 Å². The molecular formula is C12H26O2. The van der Waals surface area contributed by atoms with Crippen LogP contribution in [0.3, 0.4) is 0 Å². The molecule has 0 aliphatic heterocycles. The standard InChI is InChI=1S/C12H26O2/c1-4-5-6-7-8-9-10-11-14-12(2)13-3/h12H,4-11H2,1-3H3. The van der Waals surface area contributed by atoms with Gasteiger partial charge in [-0.15, -0.1) is 0 Å². The Kier molecular flexibility index (Phi) is 10.9. The van der Waals surface area contributed by atoms with Crippen molar-refractivity contribution in [3.05, 3.63) is 0 Å². The van der Waals surface area contributed by atoms with Crippen LogP contribution in [0.4, 0.5) is 0 Å². The van der Waals surface area contributed by atoms with Crippen LogP contribution in [0.1, 0.15) is 58.8 Å². The van der Waals surface area contributed by atoms with Crippen LogP contribution in [0.5, 0.6) is 0 Å². The van der Waals surface area contributed by atoms with E-state index in [0.29, 0.717) is 0 Å². The van der Waals surface area contributed by atoms with E-state index in [4.69, 9.17) is 9.47 Å². The van der Waals surface area contributed by atoms with Gasteiger partial charge in [-0.2, -0.15) is 0 Å². The average Bonchev–Trinajstić information content (AvgIpc) is 2.21. The highest BCUT2D eigenvalue weighted by Crippen LogP contribution is 2.07. The van der Waals surface area contributed by atoms with Gasteiger partial charge in [0.2, 0.25) is 0 Å². The maximum atomic E-state index is 5.40. The van der Waals surface area contributed by atoms with Crippen LogP contribution in [0.15, 0.2) is 0 Å². The fraction of sp³-hybridized carbons (Fsp3) is 1.00. The largest absolute Gasteiger partial charge is 0.356 e. The predicted octanol–water partition coefficient (Wildman–Crippen LogP) is 3.75. The molecule has 1 unspecified atom stereocenters. The Morgan fingerprint density at radius 1 is 0.929 bits per heavy atom. The van der Waals surface area contributed by atoms with Crippen molar-refractivity contribution in [2.24, 2.45) is 0 Å². The number of hydrogen-bond donors (Lipinski definition) is 0. The van der Waals surface area contributed by atoms with E-state index in [2.05, 4.69) is 6.92 Å². The van der Waals surface area contributed by atoms with Gasteiger partial charge in [-0.1, -0.05) is 45.4 Å². The zero-order valence-electron chi connectivity index (χ0n) is 10.1. The lowest BCUT2D eigenvalue weighted by atomic mass is 10.1. The maximum absolute atomic E-state index is 5.40. The number of ether oxygens (including phenoxy) is 2. The first kappa shape index (κ1) is 13.9. The molecule has 0 N–H and O–H groups in total. The van der Waals surface area contributed by atoms with Gasteiger partial charge >= 0.3 is 0 Å². The monoisotopic (exact) mass is 202 g/mol. The quantitative estimate of drug-likeness (QED) is 0.397. The molecule has 0 fully saturated rings. The summed E-state index contributed by atoms with van der Waals surface area (Å²) < 4.78 is 10.4. The molecule has 86 valence electrons. The molecular weight excluding hydrogens is 176 g/mol. The Morgan fingerprint density at radius 2 is 1.50 bits per heavy atom. The SMILES string of the molecule is CCCCCCCCCOC(C)OC. The molecule has 0 aliphatic carbocycles. The molecule has 0 amide bonds. The molecule has 0 saturated heterocycles. The minimum atomic E-state index is -0.0462. The Bertz CT molecular complexity index is 104. The molecule has 1 atom stereocenters. The Labute approximate surface area is 89.0 Å². The second-order valence-corrected chi connectivity index (χ2v) is 3.80. The molecule has 0 aliphatic rings. The highest BCUT2D eigenvalue weighted by atomic mass is 16.7. The summed E-state index contributed by atoms with van der Waals surface area (Å²) in [5.74, 6) is 0. The van der Waals surface area contributed by atoms with Crippen molar-refractivity contribution >= 4 is 0 Å². The minimum Gasteiger partial charge on any atom is -0.356 e. The van der Waals surface area contributed by atoms with Gasteiger partial charge in [-0.3, -0.25) is 0 Å². The number of rotatable bonds is 10. The van der Waals surface area contributed by atoms with Crippen molar-refractivity contribution in [2.75, 3.05) is 13.7 Å². The Morgan fingerprint density at radius 3 is 2.07 bits per heavy atom. The van der Waals surface area contributed by atoms with Crippen molar-refractivity contribution in [3.8, 4) is 0 Å². The molecule has 0 aromatic heterocycles. The third-order valence-corrected chi connectivity index (χ3v) is 2.43. The summed E-state index contributed by atoms with van der Waals surface area (Å²) in [5, 5.41) is 0. The number of unbranched alkanes of at least 4 members (excludes halogenated alkanes) is 6. The van der Waals surface area contributed by atoms with E-state index in [-0.39, 0.29) is 6.29 Å². The lowest BCUT2D eigenvalue weighted by Crippen LogP contribution is -2.10. The van der Waals surface area contributed by atoms with E-state index in [9.17, 15) is 0 Å². The molecule has 0 spiro atoms. The van der Waals surface area contributed by atoms with Crippen LogP contribution >= 0.6 is 0 Å². The molecule has 14 heavy (non-hydrogen) atoms. The topological polar surface area (TPSA) is 18.5 Å². The second kappa shape index (κ2) is 11.0. The first-order valence-electron chi connectivity index (χ1n) is 5.95. The summed E-state index contributed by atoms with van der Waals surface area (Å²) in [4.78, 5) is 0. The van der Waals surface area contributed by atoms with Crippen LogP contribution in [0, 0.1) is 0 Å². The van der Waals surface area contributed by atoms with Crippen molar-refractivity contribution in [3.63, 3.8) is 0 Å². The molecule has 0 heterocycles. The van der Waals surface area contributed by atoms with Gasteiger partial charge in [0.25, 0.3) is 0 Å². The van der Waals surface area contributed by atoms with Crippen LogP contribution in [-0.4, -0.2) is 20.0 Å². The van der Waals surface area contributed by atoms with E-state index in [0.717, 1.165) is 6.61 Å². The summed E-state index contributed by atoms with van der Waals surface area (Å²) in [6, 6.07) is 0. The average molecular weight is 202 g/mol. The van der Waals surface area contributed by atoms with Crippen molar-refractivity contribution < 1.29 is 9.47 Å². The molecule has 0 aromatic carbocycles. The number of hydrogen-bond acceptors (Lipinski definition) is 2. The second-order valence-electron chi connectivity index (χ2n) is 3.80. The third kappa shape index (κ3) is 10.0. The van der Waals surface area contributed by atoms with Gasteiger partial charge in [0.05, 0.1) is 0 Å².